The fraction of sp³-hybridized carbons (Fsp3) is 0.621. The molecule has 0 aliphatic heterocycles. The van der Waals surface area contributed by atoms with Crippen LogP contribution in [-0.4, -0.2) is 79.7 Å². The number of nitrogens with zero attached hydrogens (tertiary/aromatic N) is 2. The zero-order valence-corrected chi connectivity index (χ0v) is 26.3. The summed E-state index contributed by atoms with van der Waals surface area (Å²) in [5.41, 5.74) is 12.9. The SMILES string of the molecule is CC[C@H](C)[C@H](NC(=O)[C@@H](NC(=O)[C@H](CC(C)C)NC(=O)[C@@H](N)Cc1cnc[nH]1)C(C)C)C(=O)N[C@@H](Cc1cnc[nH]1)C(N)=O. The Kier molecular flexibility index (Phi) is 14.0. The standard InChI is InChI=1S/C29H48N10O5/c1-7-17(6)24(29(44)36-21(25(31)40)10-19-12-33-14-35-19)39-28(43)23(16(4)5)38-27(42)22(8-15(2)3)37-26(41)20(30)9-18-11-32-13-34-18/h11-17,20-24H,7-10,30H2,1-6H3,(H2,31,40)(H,32,34)(H,33,35)(H,36,44)(H,37,41)(H,38,42)(H,39,43)/t17-,20-,21-,22-,23-,24-/m0/s1. The van der Waals surface area contributed by atoms with Gasteiger partial charge in [0.05, 0.1) is 18.7 Å². The van der Waals surface area contributed by atoms with Gasteiger partial charge in [-0.15, -0.1) is 0 Å². The van der Waals surface area contributed by atoms with Crippen molar-refractivity contribution < 1.29 is 24.0 Å². The summed E-state index contributed by atoms with van der Waals surface area (Å²) in [6, 6.07) is -4.94. The third-order valence-corrected chi connectivity index (χ3v) is 7.35. The first-order valence-corrected chi connectivity index (χ1v) is 14.9. The number of carbonyl (C=O) groups excluding carboxylic acids is 5. The number of amides is 5. The van der Waals surface area contributed by atoms with Crippen molar-refractivity contribution in [2.24, 2.45) is 29.2 Å². The van der Waals surface area contributed by atoms with Crippen LogP contribution < -0.4 is 32.7 Å². The molecule has 2 rings (SSSR count). The molecule has 15 heteroatoms. The summed E-state index contributed by atoms with van der Waals surface area (Å²) < 4.78 is 0. The molecule has 5 amide bonds. The van der Waals surface area contributed by atoms with Gasteiger partial charge >= 0.3 is 0 Å². The minimum atomic E-state index is -1.04. The van der Waals surface area contributed by atoms with Crippen LogP contribution >= 0.6 is 0 Å². The minimum Gasteiger partial charge on any atom is -0.368 e. The summed E-state index contributed by atoms with van der Waals surface area (Å²) in [6.07, 6.45) is 7.18. The zero-order chi connectivity index (χ0) is 33.0. The maximum Gasteiger partial charge on any atom is 0.243 e. The second-order valence-electron chi connectivity index (χ2n) is 11.9. The van der Waals surface area contributed by atoms with Gasteiger partial charge in [-0.3, -0.25) is 24.0 Å². The van der Waals surface area contributed by atoms with Crippen molar-refractivity contribution in [1.82, 2.24) is 41.2 Å². The van der Waals surface area contributed by atoms with E-state index in [0.717, 1.165) is 0 Å². The lowest BCUT2D eigenvalue weighted by Crippen LogP contribution is -2.61. The predicted octanol–water partition coefficient (Wildman–Crippen LogP) is -0.582. The van der Waals surface area contributed by atoms with Crippen LogP contribution in [0.5, 0.6) is 0 Å². The van der Waals surface area contributed by atoms with Crippen LogP contribution in [0, 0.1) is 17.8 Å². The molecule has 2 aromatic rings. The van der Waals surface area contributed by atoms with E-state index < -0.39 is 59.7 Å². The largest absolute Gasteiger partial charge is 0.368 e. The monoisotopic (exact) mass is 616 g/mol. The number of carbonyl (C=O) groups is 5. The Morgan fingerprint density at radius 3 is 1.75 bits per heavy atom. The lowest BCUT2D eigenvalue weighted by atomic mass is 9.95. The van der Waals surface area contributed by atoms with E-state index in [2.05, 4.69) is 41.2 Å². The molecule has 0 unspecified atom stereocenters. The molecule has 15 nitrogen and oxygen atoms in total. The molecule has 0 radical (unpaired) electrons. The van der Waals surface area contributed by atoms with Crippen molar-refractivity contribution in [3.8, 4) is 0 Å². The average Bonchev–Trinajstić information content (AvgIpc) is 3.67. The van der Waals surface area contributed by atoms with Gasteiger partial charge in [-0.2, -0.15) is 0 Å². The molecule has 2 aromatic heterocycles. The quantitative estimate of drug-likeness (QED) is 0.107. The van der Waals surface area contributed by atoms with E-state index in [-0.39, 0.29) is 30.6 Å². The third-order valence-electron chi connectivity index (χ3n) is 7.35. The highest BCUT2D eigenvalue weighted by Gasteiger charge is 2.34. The van der Waals surface area contributed by atoms with Crippen LogP contribution in [0.3, 0.4) is 0 Å². The van der Waals surface area contributed by atoms with Gasteiger partial charge < -0.3 is 42.7 Å². The summed E-state index contributed by atoms with van der Waals surface area (Å²) in [4.78, 5) is 78.9. The molecule has 0 saturated heterocycles. The number of primary amides is 1. The lowest BCUT2D eigenvalue weighted by molar-refractivity contribution is -0.136. The Morgan fingerprint density at radius 1 is 0.750 bits per heavy atom. The van der Waals surface area contributed by atoms with Crippen molar-refractivity contribution in [2.45, 2.75) is 97.4 Å². The Morgan fingerprint density at radius 2 is 1.27 bits per heavy atom. The normalized spacial score (nSPS) is 15.5. The van der Waals surface area contributed by atoms with Crippen molar-refractivity contribution in [1.29, 1.82) is 0 Å². The summed E-state index contributed by atoms with van der Waals surface area (Å²) in [5, 5.41) is 10.9. The van der Waals surface area contributed by atoms with Gasteiger partial charge in [-0.25, -0.2) is 9.97 Å². The topological polar surface area (TPSA) is 243 Å². The second kappa shape index (κ2) is 17.1. The fourth-order valence-corrected chi connectivity index (χ4v) is 4.54. The molecule has 2 heterocycles. The highest BCUT2D eigenvalue weighted by molar-refractivity contribution is 5.96. The lowest BCUT2D eigenvalue weighted by Gasteiger charge is -2.30. The predicted molar refractivity (Wildman–Crippen MR) is 163 cm³/mol. The fourth-order valence-electron chi connectivity index (χ4n) is 4.54. The van der Waals surface area contributed by atoms with Crippen LogP contribution in [0.2, 0.25) is 0 Å². The van der Waals surface area contributed by atoms with Gasteiger partial charge in [0.25, 0.3) is 0 Å². The molecular weight excluding hydrogens is 568 g/mol. The van der Waals surface area contributed by atoms with Gasteiger partial charge in [0.2, 0.25) is 29.5 Å². The number of hydrogen-bond donors (Lipinski definition) is 8. The third kappa shape index (κ3) is 11.1. The van der Waals surface area contributed by atoms with Gasteiger partial charge in [0.15, 0.2) is 0 Å². The Bertz CT molecular complexity index is 1220. The molecule has 0 aromatic carbocycles. The number of imidazole rings is 2. The number of hydrogen-bond acceptors (Lipinski definition) is 8. The van der Waals surface area contributed by atoms with E-state index in [4.69, 9.17) is 11.5 Å². The number of aromatic nitrogens is 4. The summed E-state index contributed by atoms with van der Waals surface area (Å²) in [7, 11) is 0. The Labute approximate surface area is 257 Å². The molecule has 244 valence electrons. The number of H-pyrrole nitrogens is 2. The van der Waals surface area contributed by atoms with Crippen LogP contribution in [0.1, 0.15) is 65.8 Å². The van der Waals surface area contributed by atoms with Crippen molar-refractivity contribution in [2.75, 3.05) is 0 Å². The molecule has 0 fully saturated rings. The van der Waals surface area contributed by atoms with Crippen LogP contribution in [0.4, 0.5) is 0 Å². The molecule has 0 aliphatic rings. The first-order valence-electron chi connectivity index (χ1n) is 14.9. The van der Waals surface area contributed by atoms with Crippen molar-refractivity contribution in [3.63, 3.8) is 0 Å². The maximum atomic E-state index is 13.6. The first kappa shape index (κ1) is 35.9. The summed E-state index contributed by atoms with van der Waals surface area (Å²) in [5.74, 6) is -3.60. The molecule has 0 spiro atoms. The van der Waals surface area contributed by atoms with E-state index in [9.17, 15) is 24.0 Å². The van der Waals surface area contributed by atoms with Crippen LogP contribution in [0.25, 0.3) is 0 Å². The molecular formula is C29H48N10O5. The maximum absolute atomic E-state index is 13.6. The highest BCUT2D eigenvalue weighted by Crippen LogP contribution is 2.13. The molecule has 0 bridgehead atoms. The van der Waals surface area contributed by atoms with E-state index >= 15 is 0 Å². The van der Waals surface area contributed by atoms with Crippen molar-refractivity contribution in [3.05, 3.63) is 36.4 Å². The van der Waals surface area contributed by atoms with Crippen LogP contribution in [-0.2, 0) is 36.8 Å². The molecule has 44 heavy (non-hydrogen) atoms. The van der Waals surface area contributed by atoms with E-state index in [1.54, 1.807) is 27.0 Å². The molecule has 10 N–H and O–H groups in total. The average molecular weight is 617 g/mol. The second-order valence-corrected chi connectivity index (χ2v) is 11.9. The zero-order valence-electron chi connectivity index (χ0n) is 26.3. The Hall–Kier alpha value is -4.27. The van der Waals surface area contributed by atoms with Crippen LogP contribution in [0.15, 0.2) is 25.0 Å². The number of nitrogens with two attached hydrogens (primary N) is 2. The smallest absolute Gasteiger partial charge is 0.243 e. The minimum absolute atomic E-state index is 0.0413. The first-order chi connectivity index (χ1) is 20.7. The van der Waals surface area contributed by atoms with E-state index in [1.165, 1.54) is 18.9 Å². The highest BCUT2D eigenvalue weighted by atomic mass is 16.2. The van der Waals surface area contributed by atoms with E-state index in [1.807, 2.05) is 20.8 Å². The number of nitrogens with one attached hydrogen (secondary N) is 6. The van der Waals surface area contributed by atoms with E-state index in [0.29, 0.717) is 24.2 Å². The van der Waals surface area contributed by atoms with Crippen molar-refractivity contribution >= 4 is 29.5 Å². The molecule has 0 aliphatic carbocycles. The summed E-state index contributed by atoms with van der Waals surface area (Å²) in [6.45, 7) is 11.0. The Balaban J connectivity index is 2.15. The molecule has 6 atom stereocenters. The molecule has 0 saturated carbocycles. The summed E-state index contributed by atoms with van der Waals surface area (Å²) >= 11 is 0. The number of rotatable bonds is 18. The van der Waals surface area contributed by atoms with Gasteiger partial charge in [0.1, 0.15) is 24.2 Å². The number of aromatic amines is 2. The van der Waals surface area contributed by atoms with Gasteiger partial charge in [-0.05, 0) is 24.2 Å². The van der Waals surface area contributed by atoms with Gasteiger partial charge in [-0.1, -0.05) is 48.0 Å². The van der Waals surface area contributed by atoms with Gasteiger partial charge in [0, 0.05) is 36.6 Å².